The van der Waals surface area contributed by atoms with Crippen molar-refractivity contribution in [1.82, 2.24) is 24.7 Å². The van der Waals surface area contributed by atoms with Crippen LogP contribution in [-0.4, -0.2) is 30.8 Å². The van der Waals surface area contributed by atoms with E-state index in [1.165, 1.54) is 5.56 Å². The maximum atomic E-state index is 4.29. The molecule has 98 valence electrons. The van der Waals surface area contributed by atoms with Crippen molar-refractivity contribution in [3.8, 4) is 0 Å². The van der Waals surface area contributed by atoms with Crippen molar-refractivity contribution in [2.45, 2.75) is 26.4 Å². The molecule has 0 fully saturated rings. The van der Waals surface area contributed by atoms with E-state index in [0.717, 1.165) is 23.4 Å². The van der Waals surface area contributed by atoms with Gasteiger partial charge >= 0.3 is 0 Å². The summed E-state index contributed by atoms with van der Waals surface area (Å²) in [6.45, 7) is 4.94. The molecule has 0 aliphatic heterocycles. The molecule has 0 saturated carbocycles. The van der Waals surface area contributed by atoms with E-state index in [9.17, 15) is 0 Å². The summed E-state index contributed by atoms with van der Waals surface area (Å²) in [5.74, 6) is 0.850. The van der Waals surface area contributed by atoms with Crippen LogP contribution >= 0.6 is 0 Å². The average molecular weight is 256 g/mol. The number of aryl methyl sites for hydroxylation is 1. The molecule has 3 aromatic rings. The Kier molecular flexibility index (Phi) is 2.91. The molecule has 2 N–H and O–H groups in total. The van der Waals surface area contributed by atoms with Gasteiger partial charge in [0.25, 0.3) is 0 Å². The zero-order valence-electron chi connectivity index (χ0n) is 11.0. The van der Waals surface area contributed by atoms with E-state index in [1.54, 1.807) is 6.33 Å². The third kappa shape index (κ3) is 2.42. The largest absolute Gasteiger partial charge is 0.365 e. The van der Waals surface area contributed by atoms with Crippen molar-refractivity contribution in [2.24, 2.45) is 0 Å². The third-order valence-corrected chi connectivity index (χ3v) is 2.96. The molecule has 6 nitrogen and oxygen atoms in total. The van der Waals surface area contributed by atoms with E-state index in [-0.39, 0.29) is 6.04 Å². The van der Waals surface area contributed by atoms with Gasteiger partial charge in [-0.3, -0.25) is 4.68 Å². The van der Waals surface area contributed by atoms with Crippen molar-refractivity contribution in [3.63, 3.8) is 0 Å². The fourth-order valence-electron chi connectivity index (χ4n) is 2.11. The SMILES string of the molecule is Cc1cnn(C[C@H](C)Nc2ncnc3[nH]ccc23)c1. The number of fused-ring (bicyclic) bond motifs is 1. The molecule has 0 spiro atoms. The van der Waals surface area contributed by atoms with Gasteiger partial charge in [-0.25, -0.2) is 9.97 Å². The molecular formula is C13H16N6. The minimum Gasteiger partial charge on any atom is -0.365 e. The highest BCUT2D eigenvalue weighted by Gasteiger charge is 2.08. The normalized spacial score (nSPS) is 12.7. The van der Waals surface area contributed by atoms with Crippen molar-refractivity contribution < 1.29 is 0 Å². The van der Waals surface area contributed by atoms with Crippen molar-refractivity contribution in [2.75, 3.05) is 5.32 Å². The lowest BCUT2D eigenvalue weighted by Crippen LogP contribution is -2.22. The Bertz CT molecular complexity index is 683. The predicted octanol–water partition coefficient (Wildman–Crippen LogP) is 1.96. The molecule has 0 aromatic carbocycles. The second-order valence-electron chi connectivity index (χ2n) is 4.75. The summed E-state index contributed by atoms with van der Waals surface area (Å²) in [6.07, 6.45) is 7.32. The molecule has 0 aliphatic carbocycles. The maximum absolute atomic E-state index is 4.29. The summed E-state index contributed by atoms with van der Waals surface area (Å²) < 4.78 is 1.93. The first-order valence-electron chi connectivity index (χ1n) is 6.26. The lowest BCUT2D eigenvalue weighted by atomic mass is 10.3. The van der Waals surface area contributed by atoms with Gasteiger partial charge in [0.15, 0.2) is 0 Å². The molecule has 0 unspecified atom stereocenters. The predicted molar refractivity (Wildman–Crippen MR) is 73.9 cm³/mol. The number of hydrogen-bond donors (Lipinski definition) is 2. The summed E-state index contributed by atoms with van der Waals surface area (Å²) in [5.41, 5.74) is 2.02. The van der Waals surface area contributed by atoms with Crippen LogP contribution in [-0.2, 0) is 6.54 Å². The highest BCUT2D eigenvalue weighted by Crippen LogP contribution is 2.18. The summed E-state index contributed by atoms with van der Waals surface area (Å²) >= 11 is 0. The van der Waals surface area contributed by atoms with Crippen LogP contribution in [0.3, 0.4) is 0 Å². The molecular weight excluding hydrogens is 240 g/mol. The summed E-state index contributed by atoms with van der Waals surface area (Å²) in [6, 6.07) is 2.20. The Balaban J connectivity index is 1.75. The Hall–Kier alpha value is -2.37. The van der Waals surface area contributed by atoms with Crippen LogP contribution in [0.1, 0.15) is 12.5 Å². The summed E-state index contributed by atoms with van der Waals surface area (Å²) in [7, 11) is 0. The molecule has 3 heterocycles. The van der Waals surface area contributed by atoms with Crippen LogP contribution in [0, 0.1) is 6.92 Å². The number of H-pyrrole nitrogens is 1. The number of rotatable bonds is 4. The van der Waals surface area contributed by atoms with E-state index in [0.29, 0.717) is 0 Å². The van der Waals surface area contributed by atoms with Crippen molar-refractivity contribution in [1.29, 1.82) is 0 Å². The molecule has 0 saturated heterocycles. The molecule has 6 heteroatoms. The number of anilines is 1. The van der Waals surface area contributed by atoms with E-state index in [1.807, 2.05) is 36.3 Å². The highest BCUT2D eigenvalue weighted by molar-refractivity contribution is 5.86. The van der Waals surface area contributed by atoms with Crippen LogP contribution in [0.2, 0.25) is 0 Å². The zero-order valence-corrected chi connectivity index (χ0v) is 11.0. The minimum atomic E-state index is 0.229. The molecule has 19 heavy (non-hydrogen) atoms. The van der Waals surface area contributed by atoms with Crippen molar-refractivity contribution >= 4 is 16.9 Å². The molecule has 3 aromatic heterocycles. The van der Waals surface area contributed by atoms with E-state index in [2.05, 4.69) is 32.3 Å². The first kappa shape index (κ1) is 11.7. The molecule has 0 bridgehead atoms. The van der Waals surface area contributed by atoms with Gasteiger partial charge in [0.05, 0.1) is 18.1 Å². The molecule has 3 rings (SSSR count). The van der Waals surface area contributed by atoms with Crippen LogP contribution < -0.4 is 5.32 Å². The first-order valence-corrected chi connectivity index (χ1v) is 6.26. The smallest absolute Gasteiger partial charge is 0.142 e. The number of aromatic amines is 1. The Morgan fingerprint density at radius 1 is 1.42 bits per heavy atom. The fourth-order valence-corrected chi connectivity index (χ4v) is 2.11. The van der Waals surface area contributed by atoms with Gasteiger partial charge in [-0.1, -0.05) is 0 Å². The quantitative estimate of drug-likeness (QED) is 0.748. The van der Waals surface area contributed by atoms with E-state index < -0.39 is 0 Å². The molecule has 0 aliphatic rings. The monoisotopic (exact) mass is 256 g/mol. The Labute approximate surface area is 110 Å². The van der Waals surface area contributed by atoms with Crippen LogP contribution in [0.5, 0.6) is 0 Å². The molecule has 0 radical (unpaired) electrons. The maximum Gasteiger partial charge on any atom is 0.142 e. The number of hydrogen-bond acceptors (Lipinski definition) is 4. The Morgan fingerprint density at radius 3 is 3.11 bits per heavy atom. The molecule has 1 atom stereocenters. The third-order valence-electron chi connectivity index (χ3n) is 2.96. The summed E-state index contributed by atoms with van der Waals surface area (Å²) in [5, 5.41) is 8.69. The van der Waals surface area contributed by atoms with Gasteiger partial charge < -0.3 is 10.3 Å². The second-order valence-corrected chi connectivity index (χ2v) is 4.75. The van der Waals surface area contributed by atoms with E-state index in [4.69, 9.17) is 0 Å². The van der Waals surface area contributed by atoms with Crippen LogP contribution in [0.25, 0.3) is 11.0 Å². The van der Waals surface area contributed by atoms with E-state index >= 15 is 0 Å². The van der Waals surface area contributed by atoms with Crippen molar-refractivity contribution in [3.05, 3.63) is 36.5 Å². The topological polar surface area (TPSA) is 71.4 Å². The first-order chi connectivity index (χ1) is 9.22. The van der Waals surface area contributed by atoms with Gasteiger partial charge in [-0.05, 0) is 25.5 Å². The molecule has 0 amide bonds. The lowest BCUT2D eigenvalue weighted by molar-refractivity contribution is 0.560. The number of nitrogens with one attached hydrogen (secondary N) is 2. The standard InChI is InChI=1S/C13H16N6/c1-9-5-17-19(6-9)7-10(2)18-13-11-3-4-14-12(11)15-8-16-13/h3-6,8,10H,7H2,1-2H3,(H2,14,15,16,18)/t10-/m0/s1. The number of nitrogens with zero attached hydrogens (tertiary/aromatic N) is 4. The van der Waals surface area contributed by atoms with Crippen LogP contribution in [0.4, 0.5) is 5.82 Å². The fraction of sp³-hybridized carbons (Fsp3) is 0.308. The Morgan fingerprint density at radius 2 is 2.32 bits per heavy atom. The zero-order chi connectivity index (χ0) is 13.2. The summed E-state index contributed by atoms with van der Waals surface area (Å²) in [4.78, 5) is 11.5. The second kappa shape index (κ2) is 4.72. The van der Waals surface area contributed by atoms with Gasteiger partial charge in [0.2, 0.25) is 0 Å². The number of aromatic nitrogens is 5. The van der Waals surface area contributed by atoms with Gasteiger partial charge in [-0.15, -0.1) is 0 Å². The van der Waals surface area contributed by atoms with Crippen LogP contribution in [0.15, 0.2) is 31.0 Å². The lowest BCUT2D eigenvalue weighted by Gasteiger charge is -2.14. The average Bonchev–Trinajstić information content (AvgIpc) is 2.98. The van der Waals surface area contributed by atoms with Gasteiger partial charge in [-0.2, -0.15) is 5.10 Å². The van der Waals surface area contributed by atoms with Gasteiger partial charge in [0, 0.05) is 18.4 Å². The highest BCUT2D eigenvalue weighted by atomic mass is 15.3. The van der Waals surface area contributed by atoms with Gasteiger partial charge in [0.1, 0.15) is 17.8 Å². The minimum absolute atomic E-state index is 0.229.